The van der Waals surface area contributed by atoms with Crippen molar-refractivity contribution in [2.75, 3.05) is 38.5 Å². The smallest absolute Gasteiger partial charge is 0.411 e. The molecule has 5 N–H and O–H groups in total. The Hall–Kier alpha value is -5.31. The van der Waals surface area contributed by atoms with E-state index in [0.717, 1.165) is 7.11 Å². The number of amides is 3. The van der Waals surface area contributed by atoms with Gasteiger partial charge in [0.15, 0.2) is 21.3 Å². The number of carbonyl (C=O) groups is 4. The van der Waals surface area contributed by atoms with Crippen LogP contribution in [0.5, 0.6) is 11.5 Å². The summed E-state index contributed by atoms with van der Waals surface area (Å²) in [5, 5.41) is 15.3. The molecule has 3 atom stereocenters. The van der Waals surface area contributed by atoms with E-state index in [1.165, 1.54) is 70.2 Å². The molecule has 1 saturated heterocycles. The quantitative estimate of drug-likeness (QED) is 0.212. The summed E-state index contributed by atoms with van der Waals surface area (Å²) in [6.07, 6.45) is -0.843. The molecule has 4 rings (SSSR count). The highest BCUT2D eigenvalue weighted by molar-refractivity contribution is 7.92. The first kappa shape index (κ1) is 36.5. The molecule has 1 aliphatic heterocycles. The first-order valence-electron chi connectivity index (χ1n) is 15.3. The highest BCUT2D eigenvalue weighted by atomic mass is 32.2. The normalized spacial score (nSPS) is 18.0. The highest BCUT2D eigenvalue weighted by Gasteiger charge is 2.55. The van der Waals surface area contributed by atoms with Gasteiger partial charge in [-0.25, -0.2) is 13.2 Å². The van der Waals surface area contributed by atoms with Gasteiger partial charge in [0.05, 0.1) is 42.9 Å². The number of carboxylic acids is 1. The maximum Gasteiger partial charge on any atom is 0.411 e. The number of benzene rings is 3. The molecule has 1 fully saturated rings. The number of nitrogens with two attached hydrogens (primary N) is 1. The zero-order valence-electron chi connectivity index (χ0n) is 28.0. The van der Waals surface area contributed by atoms with E-state index < -0.39 is 56.5 Å². The lowest BCUT2D eigenvalue weighted by atomic mass is 9.79. The van der Waals surface area contributed by atoms with Crippen molar-refractivity contribution < 1.29 is 46.9 Å². The van der Waals surface area contributed by atoms with Gasteiger partial charge in [-0.1, -0.05) is 12.1 Å². The van der Waals surface area contributed by atoms with E-state index in [4.69, 9.17) is 19.9 Å². The number of likely N-dealkylation sites (tertiary alicyclic amines) is 1. The van der Waals surface area contributed by atoms with Gasteiger partial charge in [-0.3, -0.25) is 19.7 Å². The van der Waals surface area contributed by atoms with Crippen molar-refractivity contribution in [3.05, 3.63) is 77.4 Å². The van der Waals surface area contributed by atoms with Crippen LogP contribution in [0.25, 0.3) is 0 Å². The minimum Gasteiger partial charge on any atom is -0.493 e. The monoisotopic (exact) mass is 696 g/mol. The molecule has 1 heterocycles. The van der Waals surface area contributed by atoms with Crippen molar-refractivity contribution in [1.29, 1.82) is 0 Å². The van der Waals surface area contributed by atoms with Gasteiger partial charge in [0.1, 0.15) is 6.04 Å². The van der Waals surface area contributed by atoms with Crippen molar-refractivity contribution in [2.45, 2.75) is 48.9 Å². The second-order valence-corrected chi connectivity index (χ2v) is 14.3. The van der Waals surface area contributed by atoms with Gasteiger partial charge in [0, 0.05) is 23.5 Å². The Labute approximate surface area is 284 Å². The van der Waals surface area contributed by atoms with Crippen LogP contribution in [-0.4, -0.2) is 75.4 Å². The number of ether oxygens (including phenoxy) is 3. The van der Waals surface area contributed by atoms with Crippen LogP contribution in [0.1, 0.15) is 54.7 Å². The summed E-state index contributed by atoms with van der Waals surface area (Å²) in [7, 11) is 0.00626. The van der Waals surface area contributed by atoms with Crippen LogP contribution in [0, 0.1) is 5.92 Å². The number of nitrogens with zero attached hydrogens (tertiary/aromatic N) is 1. The number of nitrogens with one attached hydrogen (secondary N) is 2. The average molecular weight is 697 g/mol. The molecule has 3 amide bonds. The lowest BCUT2D eigenvalue weighted by Crippen LogP contribution is -2.51. The van der Waals surface area contributed by atoms with E-state index >= 15 is 0 Å². The van der Waals surface area contributed by atoms with Crippen LogP contribution >= 0.6 is 0 Å². The molecule has 0 aromatic heterocycles. The van der Waals surface area contributed by atoms with Crippen molar-refractivity contribution in [2.24, 2.45) is 11.7 Å². The third-order valence-corrected chi connectivity index (χ3v) is 11.0. The number of hydrogen-bond donors (Lipinski definition) is 4. The van der Waals surface area contributed by atoms with Crippen LogP contribution in [0.2, 0.25) is 0 Å². The number of primary amides is 1. The van der Waals surface area contributed by atoms with Crippen molar-refractivity contribution in [3.8, 4) is 11.5 Å². The predicted octanol–water partition coefficient (Wildman–Crippen LogP) is 4.16. The Morgan fingerprint density at radius 3 is 2.24 bits per heavy atom. The maximum atomic E-state index is 15.0. The molecule has 1 aliphatic rings. The molecule has 0 unspecified atom stereocenters. The van der Waals surface area contributed by atoms with E-state index in [-0.39, 0.29) is 34.7 Å². The van der Waals surface area contributed by atoms with Gasteiger partial charge in [-0.2, -0.15) is 0 Å². The average Bonchev–Trinajstić information content (AvgIpc) is 3.44. The second-order valence-electron chi connectivity index (χ2n) is 11.9. The Kier molecular flexibility index (Phi) is 10.8. The molecule has 0 saturated carbocycles. The summed E-state index contributed by atoms with van der Waals surface area (Å²) in [5.41, 5.74) is 4.83. The molecule has 3 aromatic rings. The van der Waals surface area contributed by atoms with Gasteiger partial charge < -0.3 is 35.3 Å². The first-order valence-corrected chi connectivity index (χ1v) is 16.8. The van der Waals surface area contributed by atoms with Crippen molar-refractivity contribution >= 4 is 45.1 Å². The molecule has 15 heteroatoms. The maximum absolute atomic E-state index is 15.0. The summed E-state index contributed by atoms with van der Waals surface area (Å²) >= 11 is 0. The van der Waals surface area contributed by atoms with Crippen LogP contribution in [0.4, 0.5) is 16.2 Å². The third kappa shape index (κ3) is 7.11. The summed E-state index contributed by atoms with van der Waals surface area (Å²) < 4.78 is 43.1. The molecule has 0 bridgehead atoms. The van der Waals surface area contributed by atoms with E-state index in [1.807, 2.05) is 0 Å². The Balaban J connectivity index is 1.97. The van der Waals surface area contributed by atoms with Crippen LogP contribution in [-0.2, 0) is 29.7 Å². The van der Waals surface area contributed by atoms with E-state index in [1.54, 1.807) is 30.3 Å². The topological polar surface area (TPSA) is 204 Å². The van der Waals surface area contributed by atoms with Crippen LogP contribution < -0.4 is 25.8 Å². The highest BCUT2D eigenvalue weighted by Crippen LogP contribution is 2.48. The Morgan fingerprint density at radius 2 is 1.65 bits per heavy atom. The van der Waals surface area contributed by atoms with E-state index in [9.17, 15) is 32.7 Å². The Morgan fingerprint density at radius 1 is 0.959 bits per heavy atom. The largest absolute Gasteiger partial charge is 0.493 e. The van der Waals surface area contributed by atoms with E-state index in [0.29, 0.717) is 22.7 Å². The summed E-state index contributed by atoms with van der Waals surface area (Å²) in [4.78, 5) is 53.1. The molecule has 0 aliphatic carbocycles. The molecule has 14 nitrogen and oxygen atoms in total. The lowest BCUT2D eigenvalue weighted by molar-refractivity contribution is -0.147. The summed E-state index contributed by atoms with van der Waals surface area (Å²) in [6.45, 7) is 4.43. The van der Waals surface area contributed by atoms with Gasteiger partial charge >= 0.3 is 12.1 Å². The number of sulfone groups is 1. The van der Waals surface area contributed by atoms with Crippen LogP contribution in [0.15, 0.2) is 65.6 Å². The van der Waals surface area contributed by atoms with E-state index in [2.05, 4.69) is 10.6 Å². The fraction of sp³-hybridized carbons (Fsp3) is 0.353. The van der Waals surface area contributed by atoms with Crippen molar-refractivity contribution in [1.82, 2.24) is 4.90 Å². The fourth-order valence-corrected chi connectivity index (χ4v) is 7.41. The molecular weight excluding hydrogens is 656 g/mol. The summed E-state index contributed by atoms with van der Waals surface area (Å²) in [6, 6.07) is 13.8. The fourth-order valence-electron chi connectivity index (χ4n) is 6.07. The summed E-state index contributed by atoms with van der Waals surface area (Å²) in [5.74, 6) is -3.10. The molecule has 49 heavy (non-hydrogen) atoms. The number of aliphatic carboxylic acids is 1. The zero-order valence-corrected chi connectivity index (χ0v) is 28.8. The molecule has 0 spiro atoms. The number of carboxylic acid groups (broad SMARTS) is 1. The number of carbonyl (C=O) groups excluding carboxylic acids is 3. The number of rotatable bonds is 12. The minimum absolute atomic E-state index is 0.00939. The van der Waals surface area contributed by atoms with Gasteiger partial charge in [-0.15, -0.1) is 0 Å². The number of methoxy groups -OCH3 is 3. The molecule has 0 radical (unpaired) electrons. The van der Waals surface area contributed by atoms with Crippen molar-refractivity contribution in [3.63, 3.8) is 0 Å². The standard InChI is InChI=1S/C34H40N4O10S/c1-19(2)49(44,45)28-13-11-23(37-33(43)48-6)18-25(28)34(3)24(32(41)42)14-15-38(34)31(40)29(20-10-12-26(46-4)27(17-20)47-5)36-22-9-7-8-21(16-22)30(35)39/h7-13,16-19,24,29,36H,14-15H2,1-6H3,(H2,35,39)(H,37,43)(H,41,42)/t24-,29+,34-/m1/s1. The second kappa shape index (κ2) is 14.4. The zero-order chi connectivity index (χ0) is 36.3. The van der Waals surface area contributed by atoms with Gasteiger partial charge in [0.25, 0.3) is 0 Å². The van der Waals surface area contributed by atoms with Gasteiger partial charge in [0.2, 0.25) is 11.8 Å². The Bertz CT molecular complexity index is 1880. The molecular formula is C34H40N4O10S. The van der Waals surface area contributed by atoms with Gasteiger partial charge in [-0.05, 0) is 86.8 Å². The third-order valence-electron chi connectivity index (χ3n) is 8.77. The molecule has 3 aromatic carbocycles. The predicted molar refractivity (Wildman–Crippen MR) is 180 cm³/mol. The minimum atomic E-state index is -4.05. The molecule has 262 valence electrons. The first-order chi connectivity index (χ1) is 23.1. The number of hydrogen-bond acceptors (Lipinski definition) is 10. The lowest BCUT2D eigenvalue weighted by Gasteiger charge is -2.41. The SMILES string of the molecule is COC(=O)Nc1ccc(S(=O)(=O)C(C)C)c([C@@]2(C)[C@@H](C(=O)O)CCN2C(=O)[C@@H](Nc2cccc(C(N)=O)c2)c2ccc(OC)c(OC)c2)c1. The van der Waals surface area contributed by atoms with Crippen LogP contribution in [0.3, 0.4) is 0 Å². The number of anilines is 2.